The number of rotatable bonds is 5. The third kappa shape index (κ3) is 3.53. The van der Waals surface area contributed by atoms with E-state index in [9.17, 15) is 14.0 Å². The lowest BCUT2D eigenvalue weighted by atomic mass is 9.89. The SMILES string of the molecule is O=C1CC(C(=O)NCCCn2cnc3ccccc32)c2ccc(F)cc2N1. The number of hydrogen-bond acceptors (Lipinski definition) is 3. The fourth-order valence-electron chi connectivity index (χ4n) is 3.44. The largest absolute Gasteiger partial charge is 0.355 e. The van der Waals surface area contributed by atoms with Gasteiger partial charge in [-0.2, -0.15) is 0 Å². The van der Waals surface area contributed by atoms with Crippen LogP contribution in [0.2, 0.25) is 0 Å². The van der Waals surface area contributed by atoms with E-state index in [4.69, 9.17) is 0 Å². The van der Waals surface area contributed by atoms with E-state index < -0.39 is 11.7 Å². The Morgan fingerprint density at radius 2 is 2.15 bits per heavy atom. The molecule has 2 aromatic carbocycles. The average Bonchev–Trinajstić information content (AvgIpc) is 3.07. The second kappa shape index (κ2) is 7.19. The summed E-state index contributed by atoms with van der Waals surface area (Å²) in [4.78, 5) is 28.7. The number of nitrogens with one attached hydrogen (secondary N) is 2. The molecule has 6 nitrogen and oxygen atoms in total. The van der Waals surface area contributed by atoms with Crippen LogP contribution in [-0.2, 0) is 16.1 Å². The van der Waals surface area contributed by atoms with Gasteiger partial charge in [-0.3, -0.25) is 9.59 Å². The first kappa shape index (κ1) is 17.2. The first-order valence-corrected chi connectivity index (χ1v) is 8.89. The molecule has 3 aromatic rings. The molecule has 1 unspecified atom stereocenters. The van der Waals surface area contributed by atoms with Gasteiger partial charge in [-0.15, -0.1) is 0 Å². The molecule has 138 valence electrons. The van der Waals surface area contributed by atoms with Gasteiger partial charge in [0.15, 0.2) is 0 Å². The highest BCUT2D eigenvalue weighted by Gasteiger charge is 2.30. The third-order valence-corrected chi connectivity index (χ3v) is 4.77. The molecule has 0 spiro atoms. The van der Waals surface area contributed by atoms with Gasteiger partial charge in [0.25, 0.3) is 0 Å². The molecule has 2 amide bonds. The molecular weight excluding hydrogens is 347 g/mol. The first-order chi connectivity index (χ1) is 13.1. The molecule has 0 saturated heterocycles. The highest BCUT2D eigenvalue weighted by molar-refractivity contribution is 6.01. The number of carbonyl (C=O) groups excluding carboxylic acids is 2. The van der Waals surface area contributed by atoms with Crippen molar-refractivity contribution < 1.29 is 14.0 Å². The monoisotopic (exact) mass is 366 g/mol. The second-order valence-electron chi connectivity index (χ2n) is 6.61. The molecule has 1 aliphatic rings. The molecule has 7 heteroatoms. The smallest absolute Gasteiger partial charge is 0.228 e. The summed E-state index contributed by atoms with van der Waals surface area (Å²) < 4.78 is 15.4. The summed E-state index contributed by atoms with van der Waals surface area (Å²) in [5.74, 6) is -1.53. The number of carbonyl (C=O) groups is 2. The summed E-state index contributed by atoms with van der Waals surface area (Å²) in [6, 6.07) is 12.0. The molecular formula is C20H19FN4O2. The zero-order valence-corrected chi connectivity index (χ0v) is 14.6. The summed E-state index contributed by atoms with van der Waals surface area (Å²) in [6.07, 6.45) is 2.60. The van der Waals surface area contributed by atoms with Crippen LogP contribution in [0.1, 0.15) is 24.3 Å². The summed E-state index contributed by atoms with van der Waals surface area (Å²) in [7, 11) is 0. The van der Waals surface area contributed by atoms with Gasteiger partial charge in [0.1, 0.15) is 5.82 Å². The molecule has 2 heterocycles. The highest BCUT2D eigenvalue weighted by Crippen LogP contribution is 2.32. The van der Waals surface area contributed by atoms with Gasteiger partial charge >= 0.3 is 0 Å². The van der Waals surface area contributed by atoms with Crippen LogP contribution in [-0.4, -0.2) is 27.9 Å². The minimum Gasteiger partial charge on any atom is -0.355 e. The lowest BCUT2D eigenvalue weighted by Gasteiger charge is -2.24. The molecule has 1 atom stereocenters. The number of imidazole rings is 1. The van der Waals surface area contributed by atoms with Crippen molar-refractivity contribution in [1.29, 1.82) is 0 Å². The number of hydrogen-bond donors (Lipinski definition) is 2. The van der Waals surface area contributed by atoms with Gasteiger partial charge in [-0.05, 0) is 36.2 Å². The Morgan fingerprint density at radius 1 is 1.30 bits per heavy atom. The van der Waals surface area contributed by atoms with E-state index in [1.807, 2.05) is 28.8 Å². The van der Waals surface area contributed by atoms with E-state index in [1.165, 1.54) is 12.1 Å². The summed E-state index contributed by atoms with van der Waals surface area (Å²) in [5.41, 5.74) is 3.02. The van der Waals surface area contributed by atoms with Crippen LogP contribution in [0.5, 0.6) is 0 Å². The maximum Gasteiger partial charge on any atom is 0.228 e. The van der Waals surface area contributed by atoms with Crippen LogP contribution in [0.25, 0.3) is 11.0 Å². The number of fused-ring (bicyclic) bond motifs is 2. The maximum atomic E-state index is 13.4. The quantitative estimate of drug-likeness (QED) is 0.682. The van der Waals surface area contributed by atoms with Crippen LogP contribution >= 0.6 is 0 Å². The predicted molar refractivity (Wildman–Crippen MR) is 99.7 cm³/mol. The van der Waals surface area contributed by atoms with Crippen molar-refractivity contribution in [2.75, 3.05) is 11.9 Å². The maximum absolute atomic E-state index is 13.4. The van der Waals surface area contributed by atoms with E-state index in [0.29, 0.717) is 17.8 Å². The summed E-state index contributed by atoms with van der Waals surface area (Å²) >= 11 is 0. The van der Waals surface area contributed by atoms with Crippen molar-refractivity contribution in [3.8, 4) is 0 Å². The number of para-hydroxylation sites is 2. The number of nitrogens with zero attached hydrogens (tertiary/aromatic N) is 2. The van der Waals surface area contributed by atoms with Gasteiger partial charge in [-0.1, -0.05) is 18.2 Å². The Balaban J connectivity index is 1.37. The number of anilines is 1. The number of halogens is 1. The molecule has 0 saturated carbocycles. The van der Waals surface area contributed by atoms with Crippen molar-refractivity contribution in [1.82, 2.24) is 14.9 Å². The minimum atomic E-state index is -0.594. The number of benzene rings is 2. The van der Waals surface area contributed by atoms with Crippen LogP contribution < -0.4 is 10.6 Å². The number of amides is 2. The normalized spacial score (nSPS) is 16.0. The Kier molecular flexibility index (Phi) is 4.58. The molecule has 4 rings (SSSR count). The van der Waals surface area contributed by atoms with Gasteiger partial charge in [0, 0.05) is 25.2 Å². The first-order valence-electron chi connectivity index (χ1n) is 8.89. The Hall–Kier alpha value is -3.22. The van der Waals surface area contributed by atoms with Crippen LogP contribution in [0, 0.1) is 5.82 Å². The molecule has 0 radical (unpaired) electrons. The fourth-order valence-corrected chi connectivity index (χ4v) is 3.44. The molecule has 2 N–H and O–H groups in total. The molecule has 1 aliphatic heterocycles. The van der Waals surface area contributed by atoms with Gasteiger partial charge in [0.05, 0.1) is 23.3 Å². The lowest BCUT2D eigenvalue weighted by molar-refractivity contribution is -0.126. The Bertz CT molecular complexity index is 1010. The molecule has 1 aromatic heterocycles. The minimum absolute atomic E-state index is 0.0661. The molecule has 0 aliphatic carbocycles. The van der Waals surface area contributed by atoms with Crippen molar-refractivity contribution in [3.63, 3.8) is 0 Å². The standard InChI is InChI=1S/C20H19FN4O2/c21-13-6-7-14-15(11-19(26)24-17(14)10-13)20(27)22-8-3-9-25-12-23-16-4-1-2-5-18(16)25/h1-2,4-7,10,12,15H,3,8-9,11H2,(H,22,27)(H,24,26). The Labute approximate surface area is 155 Å². The van der Waals surface area contributed by atoms with E-state index >= 15 is 0 Å². The van der Waals surface area contributed by atoms with Gasteiger partial charge < -0.3 is 15.2 Å². The van der Waals surface area contributed by atoms with Crippen molar-refractivity contribution >= 4 is 28.5 Å². The van der Waals surface area contributed by atoms with Crippen LogP contribution in [0.15, 0.2) is 48.8 Å². The number of aromatic nitrogens is 2. The van der Waals surface area contributed by atoms with Crippen LogP contribution in [0.3, 0.4) is 0 Å². The third-order valence-electron chi connectivity index (χ3n) is 4.77. The molecule has 27 heavy (non-hydrogen) atoms. The fraction of sp³-hybridized carbons (Fsp3) is 0.250. The van der Waals surface area contributed by atoms with Crippen molar-refractivity contribution in [2.24, 2.45) is 0 Å². The van der Waals surface area contributed by atoms with Gasteiger partial charge in [0.2, 0.25) is 11.8 Å². The topological polar surface area (TPSA) is 76.0 Å². The number of aryl methyl sites for hydroxylation is 1. The highest BCUT2D eigenvalue weighted by atomic mass is 19.1. The molecule has 0 bridgehead atoms. The summed E-state index contributed by atoms with van der Waals surface area (Å²) in [6.45, 7) is 1.22. The van der Waals surface area contributed by atoms with E-state index in [1.54, 1.807) is 12.4 Å². The Morgan fingerprint density at radius 3 is 3.04 bits per heavy atom. The van der Waals surface area contributed by atoms with E-state index in [2.05, 4.69) is 15.6 Å². The zero-order chi connectivity index (χ0) is 18.8. The van der Waals surface area contributed by atoms with E-state index in [-0.39, 0.29) is 18.2 Å². The lowest BCUT2D eigenvalue weighted by Crippen LogP contribution is -2.35. The van der Waals surface area contributed by atoms with Crippen molar-refractivity contribution in [3.05, 3.63) is 60.2 Å². The summed E-state index contributed by atoms with van der Waals surface area (Å²) in [5, 5.41) is 5.51. The van der Waals surface area contributed by atoms with Crippen LogP contribution in [0.4, 0.5) is 10.1 Å². The van der Waals surface area contributed by atoms with E-state index in [0.717, 1.165) is 24.0 Å². The van der Waals surface area contributed by atoms with Crippen molar-refractivity contribution in [2.45, 2.75) is 25.3 Å². The zero-order valence-electron chi connectivity index (χ0n) is 14.6. The molecule has 0 fully saturated rings. The van der Waals surface area contributed by atoms with Gasteiger partial charge in [-0.25, -0.2) is 9.37 Å². The predicted octanol–water partition coefficient (Wildman–Crippen LogP) is 2.81. The second-order valence-corrected chi connectivity index (χ2v) is 6.61. The average molecular weight is 366 g/mol.